The van der Waals surface area contributed by atoms with Crippen LogP contribution in [0.5, 0.6) is 0 Å². The summed E-state index contributed by atoms with van der Waals surface area (Å²) in [6.07, 6.45) is 2.54. The van der Waals surface area contributed by atoms with Crippen LogP contribution in [0.25, 0.3) is 0 Å². The number of ether oxygens (including phenoxy) is 1. The third-order valence-electron chi connectivity index (χ3n) is 4.22. The smallest absolute Gasteiger partial charge is 0.231 e. The summed E-state index contributed by atoms with van der Waals surface area (Å²) in [5.41, 5.74) is 1.73. The molecule has 2 rings (SSSR count). The zero-order valence-corrected chi connectivity index (χ0v) is 16.0. The molecule has 0 spiro atoms. The van der Waals surface area contributed by atoms with E-state index in [1.54, 1.807) is 6.07 Å². The van der Waals surface area contributed by atoms with Gasteiger partial charge in [-0.2, -0.15) is 0 Å². The van der Waals surface area contributed by atoms with E-state index in [-0.39, 0.29) is 17.4 Å². The van der Waals surface area contributed by atoms with Crippen LogP contribution in [0.1, 0.15) is 38.3 Å². The number of benzene rings is 1. The van der Waals surface area contributed by atoms with E-state index in [4.69, 9.17) is 27.9 Å². The van der Waals surface area contributed by atoms with Gasteiger partial charge in [-0.1, -0.05) is 29.3 Å². The minimum absolute atomic E-state index is 0.0323. The standard InChI is InChI=1S/C18H24Cl2N2O2/c1-5-15(22-17(23)12-8-18(3,4)24-10-12)21-9-13-11(2)6-7-14(19)16(13)20/h5-7,12,21H,8-10H2,1-4H3,(H,22,23). The van der Waals surface area contributed by atoms with Gasteiger partial charge < -0.3 is 15.4 Å². The zero-order chi connectivity index (χ0) is 17.9. The molecule has 1 unspecified atom stereocenters. The second-order valence-electron chi connectivity index (χ2n) is 6.67. The third kappa shape index (κ3) is 4.65. The highest BCUT2D eigenvalue weighted by Crippen LogP contribution is 2.30. The summed E-state index contributed by atoms with van der Waals surface area (Å²) in [7, 11) is 0. The number of carbonyl (C=O) groups excluding carboxylic acids is 1. The Morgan fingerprint density at radius 1 is 1.42 bits per heavy atom. The minimum Gasteiger partial charge on any atom is -0.375 e. The average Bonchev–Trinajstić information content (AvgIpc) is 2.90. The van der Waals surface area contributed by atoms with Gasteiger partial charge in [0, 0.05) is 6.54 Å². The first kappa shape index (κ1) is 19.1. The second-order valence-corrected chi connectivity index (χ2v) is 7.46. The van der Waals surface area contributed by atoms with Crippen molar-refractivity contribution in [3.63, 3.8) is 0 Å². The molecule has 1 heterocycles. The van der Waals surface area contributed by atoms with Gasteiger partial charge in [0.1, 0.15) is 5.82 Å². The van der Waals surface area contributed by atoms with Crippen molar-refractivity contribution < 1.29 is 9.53 Å². The largest absolute Gasteiger partial charge is 0.375 e. The Kier molecular flexibility index (Phi) is 6.18. The molecule has 0 bridgehead atoms. The van der Waals surface area contributed by atoms with Gasteiger partial charge in [-0.15, -0.1) is 0 Å². The molecule has 6 heteroatoms. The SMILES string of the molecule is CC=C(NCc1c(C)ccc(Cl)c1Cl)NC(=O)C1COC(C)(C)C1. The van der Waals surface area contributed by atoms with Crippen LogP contribution < -0.4 is 10.6 Å². The highest BCUT2D eigenvalue weighted by molar-refractivity contribution is 6.42. The van der Waals surface area contributed by atoms with Crippen LogP contribution in [0, 0.1) is 12.8 Å². The fraction of sp³-hybridized carbons (Fsp3) is 0.500. The lowest BCUT2D eigenvalue weighted by atomic mass is 9.97. The molecular weight excluding hydrogens is 347 g/mol. The van der Waals surface area contributed by atoms with Crippen LogP contribution >= 0.6 is 23.2 Å². The lowest BCUT2D eigenvalue weighted by Gasteiger charge is -2.17. The fourth-order valence-corrected chi connectivity index (χ4v) is 3.20. The maximum atomic E-state index is 12.4. The highest BCUT2D eigenvalue weighted by Gasteiger charge is 2.36. The summed E-state index contributed by atoms with van der Waals surface area (Å²) in [5, 5.41) is 7.20. The highest BCUT2D eigenvalue weighted by atomic mass is 35.5. The van der Waals surface area contributed by atoms with Gasteiger partial charge >= 0.3 is 0 Å². The van der Waals surface area contributed by atoms with E-state index in [1.807, 2.05) is 39.8 Å². The number of hydrogen-bond donors (Lipinski definition) is 2. The Balaban J connectivity index is 1.97. The summed E-state index contributed by atoms with van der Waals surface area (Å²) < 4.78 is 5.63. The Hall–Kier alpha value is -1.23. The van der Waals surface area contributed by atoms with Crippen LogP contribution in [0.3, 0.4) is 0 Å². The molecule has 0 saturated carbocycles. The molecule has 1 aliphatic heterocycles. The molecule has 1 fully saturated rings. The normalized spacial score (nSPS) is 20.1. The third-order valence-corrected chi connectivity index (χ3v) is 5.06. The first-order chi connectivity index (χ1) is 11.2. The second kappa shape index (κ2) is 7.77. The molecule has 1 amide bonds. The van der Waals surface area contributed by atoms with Gasteiger partial charge in [-0.25, -0.2) is 0 Å². The first-order valence-corrected chi connectivity index (χ1v) is 8.77. The van der Waals surface area contributed by atoms with E-state index in [2.05, 4.69) is 10.6 Å². The van der Waals surface area contributed by atoms with Gasteiger partial charge in [-0.3, -0.25) is 4.79 Å². The predicted molar refractivity (Wildman–Crippen MR) is 98.1 cm³/mol. The van der Waals surface area contributed by atoms with Crippen LogP contribution in [0.15, 0.2) is 24.0 Å². The summed E-state index contributed by atoms with van der Waals surface area (Å²) in [5.74, 6) is 0.489. The van der Waals surface area contributed by atoms with Crippen molar-refractivity contribution in [3.8, 4) is 0 Å². The number of allylic oxidation sites excluding steroid dienone is 1. The van der Waals surface area contributed by atoms with Crippen molar-refractivity contribution in [1.82, 2.24) is 10.6 Å². The molecule has 1 aromatic carbocycles. The number of carbonyl (C=O) groups is 1. The van der Waals surface area contributed by atoms with Crippen molar-refractivity contribution >= 4 is 29.1 Å². The summed E-state index contributed by atoms with van der Waals surface area (Å²) in [6.45, 7) is 8.78. The molecular formula is C18H24Cl2N2O2. The molecule has 0 aliphatic carbocycles. The fourth-order valence-electron chi connectivity index (χ4n) is 2.75. The van der Waals surface area contributed by atoms with Gasteiger partial charge in [0.2, 0.25) is 5.91 Å². The molecule has 1 saturated heterocycles. The Morgan fingerprint density at radius 2 is 2.12 bits per heavy atom. The molecule has 132 valence electrons. The quantitative estimate of drug-likeness (QED) is 0.816. The monoisotopic (exact) mass is 370 g/mol. The molecule has 1 aromatic rings. The van der Waals surface area contributed by atoms with Crippen molar-refractivity contribution in [3.05, 3.63) is 45.2 Å². The Morgan fingerprint density at radius 3 is 2.71 bits per heavy atom. The van der Waals surface area contributed by atoms with E-state index in [0.29, 0.717) is 29.0 Å². The van der Waals surface area contributed by atoms with E-state index >= 15 is 0 Å². The Bertz CT molecular complexity index is 657. The van der Waals surface area contributed by atoms with Crippen LogP contribution in [0.2, 0.25) is 10.0 Å². The van der Waals surface area contributed by atoms with Crippen LogP contribution in [0.4, 0.5) is 0 Å². The Labute approximate surface area is 153 Å². The van der Waals surface area contributed by atoms with Gasteiger partial charge in [0.15, 0.2) is 0 Å². The van der Waals surface area contributed by atoms with E-state index in [1.165, 1.54) is 0 Å². The topological polar surface area (TPSA) is 50.4 Å². The van der Waals surface area contributed by atoms with Crippen molar-refractivity contribution in [2.45, 2.75) is 46.3 Å². The molecule has 1 atom stereocenters. The summed E-state index contributed by atoms with van der Waals surface area (Å²) in [4.78, 5) is 12.4. The summed E-state index contributed by atoms with van der Waals surface area (Å²) in [6, 6.07) is 3.71. The average molecular weight is 371 g/mol. The maximum absolute atomic E-state index is 12.4. The molecule has 0 aromatic heterocycles. The van der Waals surface area contributed by atoms with Crippen molar-refractivity contribution in [1.29, 1.82) is 0 Å². The zero-order valence-electron chi connectivity index (χ0n) is 14.5. The maximum Gasteiger partial charge on any atom is 0.231 e. The number of hydrogen-bond acceptors (Lipinski definition) is 3. The molecule has 4 nitrogen and oxygen atoms in total. The van der Waals surface area contributed by atoms with Crippen LogP contribution in [-0.2, 0) is 16.1 Å². The van der Waals surface area contributed by atoms with Crippen molar-refractivity contribution in [2.75, 3.05) is 6.61 Å². The number of aryl methyl sites for hydroxylation is 1. The van der Waals surface area contributed by atoms with E-state index in [9.17, 15) is 4.79 Å². The van der Waals surface area contributed by atoms with Gasteiger partial charge in [-0.05, 0) is 57.4 Å². The number of halogens is 2. The summed E-state index contributed by atoms with van der Waals surface area (Å²) >= 11 is 12.3. The molecule has 1 aliphatic rings. The van der Waals surface area contributed by atoms with Gasteiger partial charge in [0.25, 0.3) is 0 Å². The van der Waals surface area contributed by atoms with Gasteiger partial charge in [0.05, 0.1) is 28.2 Å². The van der Waals surface area contributed by atoms with Crippen LogP contribution in [-0.4, -0.2) is 18.1 Å². The van der Waals surface area contributed by atoms with E-state index < -0.39 is 0 Å². The van der Waals surface area contributed by atoms with Crippen molar-refractivity contribution in [2.24, 2.45) is 5.92 Å². The van der Waals surface area contributed by atoms with E-state index in [0.717, 1.165) is 17.5 Å². The molecule has 0 radical (unpaired) electrons. The lowest BCUT2D eigenvalue weighted by molar-refractivity contribution is -0.124. The lowest BCUT2D eigenvalue weighted by Crippen LogP contribution is -2.36. The predicted octanol–water partition coefficient (Wildman–Crippen LogP) is 4.18. The number of nitrogens with one attached hydrogen (secondary N) is 2. The molecule has 24 heavy (non-hydrogen) atoms. The number of rotatable bonds is 5. The first-order valence-electron chi connectivity index (χ1n) is 8.02. The minimum atomic E-state index is -0.239. The molecule has 2 N–H and O–H groups in total. The number of amides is 1.